The summed E-state index contributed by atoms with van der Waals surface area (Å²) in [5, 5.41) is 2.72. The molecule has 9 nitrogen and oxygen atoms in total. The molecule has 2 aromatic rings. The van der Waals surface area contributed by atoms with Crippen LogP contribution in [0.2, 0.25) is 0 Å². The molecule has 0 aromatic heterocycles. The topological polar surface area (TPSA) is 105 Å². The lowest BCUT2D eigenvalue weighted by molar-refractivity contribution is -0.139. The van der Waals surface area contributed by atoms with Crippen LogP contribution < -0.4 is 19.1 Å². The van der Waals surface area contributed by atoms with E-state index in [1.807, 2.05) is 0 Å². The van der Waals surface area contributed by atoms with Crippen molar-refractivity contribution in [3.05, 3.63) is 54.1 Å². The predicted molar refractivity (Wildman–Crippen MR) is 131 cm³/mol. The van der Waals surface area contributed by atoms with E-state index in [4.69, 9.17) is 9.47 Å². The van der Waals surface area contributed by atoms with Gasteiger partial charge in [-0.25, -0.2) is 8.42 Å². The van der Waals surface area contributed by atoms with E-state index < -0.39 is 28.5 Å². The summed E-state index contributed by atoms with van der Waals surface area (Å²) in [6, 6.07) is 12.9. The third kappa shape index (κ3) is 7.11. The predicted octanol–water partition coefficient (Wildman–Crippen LogP) is 2.41. The highest BCUT2D eigenvalue weighted by atomic mass is 32.2. The number of hydrogen-bond acceptors (Lipinski definition) is 6. The van der Waals surface area contributed by atoms with Crippen LogP contribution in [0.1, 0.15) is 26.3 Å². The molecule has 2 amide bonds. The Morgan fingerprint density at radius 1 is 1.06 bits per heavy atom. The fourth-order valence-corrected chi connectivity index (χ4v) is 4.22. The number of carbonyl (C=O) groups is 2. The Bertz CT molecular complexity index is 1070. The van der Waals surface area contributed by atoms with Gasteiger partial charge >= 0.3 is 0 Å². The van der Waals surface area contributed by atoms with Crippen LogP contribution in [0.4, 0.5) is 5.69 Å². The average molecular weight is 492 g/mol. The molecule has 2 aromatic carbocycles. The monoisotopic (exact) mass is 491 g/mol. The molecule has 0 heterocycles. The van der Waals surface area contributed by atoms with Crippen molar-refractivity contribution in [2.75, 3.05) is 37.4 Å². The van der Waals surface area contributed by atoms with E-state index >= 15 is 0 Å². The smallest absolute Gasteiger partial charge is 0.244 e. The first kappa shape index (κ1) is 27.0. The Balaban J connectivity index is 2.41. The molecular formula is C24H33N3O6S. The van der Waals surface area contributed by atoms with Crippen LogP contribution in [0.3, 0.4) is 0 Å². The van der Waals surface area contributed by atoms with Crippen LogP contribution >= 0.6 is 0 Å². The molecule has 1 N–H and O–H groups in total. The number of benzene rings is 2. The second kappa shape index (κ2) is 12.3. The van der Waals surface area contributed by atoms with Gasteiger partial charge in [0, 0.05) is 13.1 Å². The van der Waals surface area contributed by atoms with E-state index in [0.29, 0.717) is 24.7 Å². The molecule has 10 heteroatoms. The maximum absolute atomic E-state index is 13.5. The maximum Gasteiger partial charge on any atom is 0.244 e. The number of sulfonamides is 1. The molecule has 0 fully saturated rings. The number of hydrogen-bond donors (Lipinski definition) is 1. The summed E-state index contributed by atoms with van der Waals surface area (Å²) in [5.74, 6) is 0.159. The lowest BCUT2D eigenvalue weighted by Gasteiger charge is -2.31. The van der Waals surface area contributed by atoms with Crippen LogP contribution in [0.15, 0.2) is 48.5 Å². The van der Waals surface area contributed by atoms with Gasteiger partial charge in [0.2, 0.25) is 21.8 Å². The molecule has 0 aliphatic carbocycles. The standard InChI is InChI=1S/C24H33N3O6S/c1-6-25-24(29)18(3)26(16-19-12-14-20(32-4)15-13-19)23(28)17-27(34(5,30)31)21-10-8-9-11-22(21)33-7-2/h8-15,18H,6-7,16-17H2,1-5H3,(H,25,29). The fourth-order valence-electron chi connectivity index (χ4n) is 3.37. The quantitative estimate of drug-likeness (QED) is 0.489. The molecule has 1 atom stereocenters. The highest BCUT2D eigenvalue weighted by Gasteiger charge is 2.31. The van der Waals surface area contributed by atoms with Crippen molar-refractivity contribution >= 4 is 27.5 Å². The minimum atomic E-state index is -3.84. The summed E-state index contributed by atoms with van der Waals surface area (Å²) in [7, 11) is -2.28. The van der Waals surface area contributed by atoms with Gasteiger partial charge in [0.1, 0.15) is 24.1 Å². The molecule has 1 unspecified atom stereocenters. The number of para-hydroxylation sites is 2. The molecule has 0 saturated heterocycles. The lowest BCUT2D eigenvalue weighted by atomic mass is 10.1. The zero-order valence-electron chi connectivity index (χ0n) is 20.3. The summed E-state index contributed by atoms with van der Waals surface area (Å²) in [6.07, 6.45) is 1.03. The van der Waals surface area contributed by atoms with Crippen molar-refractivity contribution < 1.29 is 27.5 Å². The van der Waals surface area contributed by atoms with Crippen LogP contribution in [0.25, 0.3) is 0 Å². The van der Waals surface area contributed by atoms with E-state index in [1.54, 1.807) is 76.4 Å². The van der Waals surface area contributed by atoms with Crippen LogP contribution in [0.5, 0.6) is 11.5 Å². The van der Waals surface area contributed by atoms with Gasteiger partial charge in [0.25, 0.3) is 0 Å². The molecule has 0 radical (unpaired) electrons. The molecular weight excluding hydrogens is 458 g/mol. The van der Waals surface area contributed by atoms with Crippen LogP contribution in [-0.2, 0) is 26.2 Å². The third-order valence-electron chi connectivity index (χ3n) is 5.14. The zero-order chi connectivity index (χ0) is 25.3. The average Bonchev–Trinajstić information content (AvgIpc) is 2.81. The van der Waals surface area contributed by atoms with Gasteiger partial charge in [0.05, 0.1) is 25.7 Å². The Morgan fingerprint density at radius 2 is 1.71 bits per heavy atom. The van der Waals surface area contributed by atoms with Gasteiger partial charge in [-0.2, -0.15) is 0 Å². The summed E-state index contributed by atoms with van der Waals surface area (Å²) < 4.78 is 37.1. The molecule has 0 aliphatic heterocycles. The Morgan fingerprint density at radius 3 is 2.26 bits per heavy atom. The van der Waals surface area contributed by atoms with Crippen molar-refractivity contribution in [2.45, 2.75) is 33.4 Å². The van der Waals surface area contributed by atoms with Crippen molar-refractivity contribution in [3.8, 4) is 11.5 Å². The van der Waals surface area contributed by atoms with Gasteiger partial charge in [-0.1, -0.05) is 24.3 Å². The molecule has 2 rings (SSSR count). The van der Waals surface area contributed by atoms with E-state index in [1.165, 1.54) is 4.90 Å². The SMILES string of the molecule is CCNC(=O)C(C)N(Cc1ccc(OC)cc1)C(=O)CN(c1ccccc1OCC)S(C)(=O)=O. The number of likely N-dealkylation sites (N-methyl/N-ethyl adjacent to an activating group) is 1. The summed E-state index contributed by atoms with van der Waals surface area (Å²) >= 11 is 0. The highest BCUT2D eigenvalue weighted by Crippen LogP contribution is 2.30. The summed E-state index contributed by atoms with van der Waals surface area (Å²) in [4.78, 5) is 27.5. The minimum absolute atomic E-state index is 0.117. The van der Waals surface area contributed by atoms with Gasteiger partial charge < -0.3 is 19.7 Å². The lowest BCUT2D eigenvalue weighted by Crippen LogP contribution is -2.51. The van der Waals surface area contributed by atoms with Crippen molar-refractivity contribution in [1.82, 2.24) is 10.2 Å². The van der Waals surface area contributed by atoms with Crippen LogP contribution in [-0.4, -0.2) is 64.2 Å². The number of rotatable bonds is 12. The first-order chi connectivity index (χ1) is 16.1. The van der Waals surface area contributed by atoms with Crippen molar-refractivity contribution in [1.29, 1.82) is 0 Å². The van der Waals surface area contributed by atoms with E-state index in [0.717, 1.165) is 16.1 Å². The Labute approximate surface area is 201 Å². The Kier molecular flexibility index (Phi) is 9.73. The summed E-state index contributed by atoms with van der Waals surface area (Å²) in [6.45, 7) is 5.57. The Hall–Kier alpha value is -3.27. The van der Waals surface area contributed by atoms with Crippen LogP contribution in [0, 0.1) is 0 Å². The first-order valence-corrected chi connectivity index (χ1v) is 12.9. The first-order valence-electron chi connectivity index (χ1n) is 11.0. The maximum atomic E-state index is 13.5. The van der Waals surface area contributed by atoms with Gasteiger partial charge in [-0.15, -0.1) is 0 Å². The summed E-state index contributed by atoms with van der Waals surface area (Å²) in [5.41, 5.74) is 1.03. The number of anilines is 1. The molecule has 0 saturated carbocycles. The molecule has 0 spiro atoms. The van der Waals surface area contributed by atoms with Gasteiger partial charge in [-0.05, 0) is 50.6 Å². The number of nitrogens with zero attached hydrogens (tertiary/aromatic N) is 2. The van der Waals surface area contributed by atoms with E-state index in [2.05, 4.69) is 5.32 Å². The number of nitrogens with one attached hydrogen (secondary N) is 1. The highest BCUT2D eigenvalue weighted by molar-refractivity contribution is 7.92. The second-order valence-corrected chi connectivity index (χ2v) is 9.52. The fraction of sp³-hybridized carbons (Fsp3) is 0.417. The minimum Gasteiger partial charge on any atom is -0.497 e. The number of ether oxygens (including phenoxy) is 2. The van der Waals surface area contributed by atoms with Gasteiger partial charge in [-0.3, -0.25) is 13.9 Å². The van der Waals surface area contributed by atoms with E-state index in [9.17, 15) is 18.0 Å². The normalized spacial score (nSPS) is 11.9. The van der Waals surface area contributed by atoms with E-state index in [-0.39, 0.29) is 18.1 Å². The third-order valence-corrected chi connectivity index (χ3v) is 6.27. The molecule has 186 valence electrons. The number of carbonyl (C=O) groups excluding carboxylic acids is 2. The van der Waals surface area contributed by atoms with Crippen molar-refractivity contribution in [2.24, 2.45) is 0 Å². The molecule has 0 aliphatic rings. The number of amides is 2. The zero-order valence-corrected chi connectivity index (χ0v) is 21.1. The molecule has 34 heavy (non-hydrogen) atoms. The largest absolute Gasteiger partial charge is 0.497 e. The molecule has 0 bridgehead atoms. The van der Waals surface area contributed by atoms with Crippen molar-refractivity contribution in [3.63, 3.8) is 0 Å². The number of methoxy groups -OCH3 is 1. The van der Waals surface area contributed by atoms with Gasteiger partial charge in [0.15, 0.2) is 0 Å². The second-order valence-electron chi connectivity index (χ2n) is 7.61.